The average Bonchev–Trinajstić information content (AvgIpc) is 3.19. The van der Waals surface area contributed by atoms with Crippen molar-refractivity contribution in [1.82, 2.24) is 0 Å². The van der Waals surface area contributed by atoms with Crippen LogP contribution in [0.25, 0.3) is 0 Å². The molecule has 1 aromatic rings. The van der Waals surface area contributed by atoms with Gasteiger partial charge in [-0.25, -0.2) is 0 Å². The molecule has 1 saturated carbocycles. The van der Waals surface area contributed by atoms with Crippen LogP contribution in [0.1, 0.15) is 12.8 Å². The van der Waals surface area contributed by atoms with E-state index in [2.05, 4.69) is 0 Å². The van der Waals surface area contributed by atoms with Gasteiger partial charge >= 0.3 is 5.97 Å². The second kappa shape index (κ2) is 5.08. The lowest BCUT2D eigenvalue weighted by Crippen LogP contribution is -2.37. The lowest BCUT2D eigenvalue weighted by atomic mass is 10.2. The molecule has 1 aromatic carbocycles. The maximum Gasteiger partial charge on any atom is 0.323 e. The molecule has 0 radical (unpaired) electrons. The third-order valence-corrected chi connectivity index (χ3v) is 2.86. The van der Waals surface area contributed by atoms with E-state index in [4.69, 9.17) is 9.84 Å². The molecule has 0 atom stereocenters. The van der Waals surface area contributed by atoms with Gasteiger partial charge in [0.05, 0.1) is 12.8 Å². The number of para-hydroxylation sites is 2. The summed E-state index contributed by atoms with van der Waals surface area (Å²) in [6.07, 6.45) is 1.67. The highest BCUT2D eigenvalue weighted by Crippen LogP contribution is 2.35. The van der Waals surface area contributed by atoms with Gasteiger partial charge in [0, 0.05) is 5.92 Å². The summed E-state index contributed by atoms with van der Waals surface area (Å²) in [5.41, 5.74) is 0.513. The topological polar surface area (TPSA) is 66.8 Å². The Morgan fingerprint density at radius 1 is 1.39 bits per heavy atom. The quantitative estimate of drug-likeness (QED) is 0.859. The molecule has 1 aliphatic carbocycles. The van der Waals surface area contributed by atoms with Crippen LogP contribution in [0.15, 0.2) is 24.3 Å². The van der Waals surface area contributed by atoms with Crippen molar-refractivity contribution in [2.24, 2.45) is 5.92 Å². The highest BCUT2D eigenvalue weighted by atomic mass is 16.5. The highest BCUT2D eigenvalue weighted by Gasteiger charge is 2.35. The SMILES string of the molecule is COc1ccccc1N(CC(=O)O)C(=O)C1CC1. The number of carbonyl (C=O) groups excluding carboxylic acids is 1. The van der Waals surface area contributed by atoms with Crippen LogP contribution in [0.3, 0.4) is 0 Å². The van der Waals surface area contributed by atoms with Gasteiger partial charge in [0.2, 0.25) is 5.91 Å². The van der Waals surface area contributed by atoms with Crippen LogP contribution >= 0.6 is 0 Å². The van der Waals surface area contributed by atoms with E-state index in [1.165, 1.54) is 12.0 Å². The van der Waals surface area contributed by atoms with Crippen molar-refractivity contribution >= 4 is 17.6 Å². The third kappa shape index (κ3) is 2.61. The van der Waals surface area contributed by atoms with Crippen molar-refractivity contribution in [3.8, 4) is 5.75 Å². The van der Waals surface area contributed by atoms with Gasteiger partial charge < -0.3 is 9.84 Å². The van der Waals surface area contributed by atoms with E-state index in [1.54, 1.807) is 24.3 Å². The minimum absolute atomic E-state index is 0.0331. The maximum atomic E-state index is 12.1. The first-order valence-corrected chi connectivity index (χ1v) is 5.79. The van der Waals surface area contributed by atoms with Crippen LogP contribution < -0.4 is 9.64 Å². The zero-order valence-corrected chi connectivity index (χ0v) is 10.1. The number of methoxy groups -OCH3 is 1. The van der Waals surface area contributed by atoms with Crippen LogP contribution in [0.4, 0.5) is 5.69 Å². The molecule has 0 saturated heterocycles. The summed E-state index contributed by atoms with van der Waals surface area (Å²) in [4.78, 5) is 24.3. The number of hydrogen-bond acceptors (Lipinski definition) is 3. The number of amides is 1. The lowest BCUT2D eigenvalue weighted by Gasteiger charge is -2.22. The lowest BCUT2D eigenvalue weighted by molar-refractivity contribution is -0.136. The Kier molecular flexibility index (Phi) is 3.50. The molecular formula is C13H15NO4. The highest BCUT2D eigenvalue weighted by molar-refractivity contribution is 6.00. The van der Waals surface area contributed by atoms with Crippen molar-refractivity contribution in [1.29, 1.82) is 0 Å². The number of nitrogens with zero attached hydrogens (tertiary/aromatic N) is 1. The Balaban J connectivity index is 2.31. The number of carbonyl (C=O) groups is 2. The van der Waals surface area contributed by atoms with Gasteiger partial charge in [-0.05, 0) is 25.0 Å². The van der Waals surface area contributed by atoms with E-state index in [1.807, 2.05) is 0 Å². The van der Waals surface area contributed by atoms with Crippen molar-refractivity contribution in [3.63, 3.8) is 0 Å². The molecule has 0 heterocycles. The summed E-state index contributed by atoms with van der Waals surface area (Å²) in [5, 5.41) is 8.93. The van der Waals surface area contributed by atoms with E-state index >= 15 is 0 Å². The smallest absolute Gasteiger partial charge is 0.323 e. The van der Waals surface area contributed by atoms with Crippen molar-refractivity contribution < 1.29 is 19.4 Å². The van der Waals surface area contributed by atoms with Crippen molar-refractivity contribution in [3.05, 3.63) is 24.3 Å². The summed E-state index contributed by atoms with van der Waals surface area (Å²) in [6.45, 7) is -0.338. The normalized spacial score (nSPS) is 14.1. The molecule has 2 rings (SSSR count). The van der Waals surface area contributed by atoms with Crippen molar-refractivity contribution in [2.45, 2.75) is 12.8 Å². The molecule has 0 aliphatic heterocycles. The summed E-state index contributed by atoms with van der Waals surface area (Å²) in [6, 6.07) is 6.95. The van der Waals surface area contributed by atoms with Gasteiger partial charge in [-0.1, -0.05) is 12.1 Å². The molecule has 0 unspecified atom stereocenters. The fourth-order valence-corrected chi connectivity index (χ4v) is 1.82. The zero-order valence-electron chi connectivity index (χ0n) is 10.1. The van der Waals surface area contributed by atoms with Crippen LogP contribution in [-0.2, 0) is 9.59 Å². The molecule has 1 N–H and O–H groups in total. The van der Waals surface area contributed by atoms with Crippen LogP contribution in [-0.4, -0.2) is 30.6 Å². The maximum absolute atomic E-state index is 12.1. The number of aliphatic carboxylic acids is 1. The minimum atomic E-state index is -1.03. The van der Waals surface area contributed by atoms with Gasteiger partial charge in [0.15, 0.2) is 0 Å². The number of carboxylic acid groups (broad SMARTS) is 1. The number of rotatable bonds is 5. The number of benzene rings is 1. The molecule has 1 aliphatic rings. The van der Waals surface area contributed by atoms with E-state index in [0.29, 0.717) is 11.4 Å². The summed E-state index contributed by atoms with van der Waals surface area (Å²) in [5.74, 6) is -0.696. The second-order valence-corrected chi connectivity index (χ2v) is 4.26. The largest absolute Gasteiger partial charge is 0.495 e. The van der Waals surface area contributed by atoms with E-state index in [9.17, 15) is 9.59 Å². The Morgan fingerprint density at radius 2 is 2.06 bits per heavy atom. The Bertz CT molecular complexity index is 468. The zero-order chi connectivity index (χ0) is 13.1. The molecule has 1 fully saturated rings. The predicted octanol–water partition coefficient (Wildman–Crippen LogP) is 1.52. The molecule has 0 spiro atoms. The molecule has 96 valence electrons. The van der Waals surface area contributed by atoms with E-state index in [-0.39, 0.29) is 18.4 Å². The molecule has 5 nitrogen and oxygen atoms in total. The molecular weight excluding hydrogens is 234 g/mol. The molecule has 18 heavy (non-hydrogen) atoms. The number of ether oxygens (including phenoxy) is 1. The van der Waals surface area contributed by atoms with E-state index < -0.39 is 5.97 Å². The number of anilines is 1. The first-order valence-electron chi connectivity index (χ1n) is 5.79. The summed E-state index contributed by atoms with van der Waals surface area (Å²) < 4.78 is 5.17. The van der Waals surface area contributed by atoms with Gasteiger partial charge in [0.25, 0.3) is 0 Å². The predicted molar refractivity (Wildman–Crippen MR) is 65.7 cm³/mol. The van der Waals surface area contributed by atoms with Crippen LogP contribution in [0, 0.1) is 5.92 Å². The van der Waals surface area contributed by atoms with Gasteiger partial charge in [-0.2, -0.15) is 0 Å². The standard InChI is InChI=1S/C13H15NO4/c1-18-11-5-3-2-4-10(11)14(8-12(15)16)13(17)9-6-7-9/h2-5,9H,6-8H2,1H3,(H,15,16). The molecule has 0 aromatic heterocycles. The van der Waals surface area contributed by atoms with Gasteiger partial charge in [0.1, 0.15) is 12.3 Å². The Hall–Kier alpha value is -2.04. The number of carboxylic acids is 1. The molecule has 0 bridgehead atoms. The first kappa shape index (κ1) is 12.4. The summed E-state index contributed by atoms with van der Waals surface area (Å²) in [7, 11) is 1.50. The first-order chi connectivity index (χ1) is 8.63. The molecule has 1 amide bonds. The van der Waals surface area contributed by atoms with Gasteiger partial charge in [-0.15, -0.1) is 0 Å². The van der Waals surface area contributed by atoms with Crippen LogP contribution in [0.2, 0.25) is 0 Å². The Morgan fingerprint density at radius 3 is 2.61 bits per heavy atom. The van der Waals surface area contributed by atoms with Gasteiger partial charge in [-0.3, -0.25) is 14.5 Å². The fourth-order valence-electron chi connectivity index (χ4n) is 1.82. The average molecular weight is 249 g/mol. The minimum Gasteiger partial charge on any atom is -0.495 e. The number of hydrogen-bond donors (Lipinski definition) is 1. The van der Waals surface area contributed by atoms with Crippen LogP contribution in [0.5, 0.6) is 5.75 Å². The fraction of sp³-hybridized carbons (Fsp3) is 0.385. The molecule has 5 heteroatoms. The monoisotopic (exact) mass is 249 g/mol. The Labute approximate surface area is 105 Å². The van der Waals surface area contributed by atoms with E-state index in [0.717, 1.165) is 12.8 Å². The third-order valence-electron chi connectivity index (χ3n) is 2.86. The summed E-state index contributed by atoms with van der Waals surface area (Å²) >= 11 is 0. The second-order valence-electron chi connectivity index (χ2n) is 4.26. The van der Waals surface area contributed by atoms with Crippen molar-refractivity contribution in [2.75, 3.05) is 18.6 Å².